The standard InChI is InChI=1S/C14H29N3O/c1-16(11-13-4-9-18-10-5-13)7-3-14-12-17(2)8-6-15-14/h13-15H,3-12H2,1-2H3. The molecule has 1 N–H and O–H groups in total. The normalized spacial score (nSPS) is 27.8. The number of rotatable bonds is 5. The van der Waals surface area contributed by atoms with Crippen LogP contribution in [0.3, 0.4) is 0 Å². The summed E-state index contributed by atoms with van der Waals surface area (Å²) in [6.45, 7) is 7.92. The summed E-state index contributed by atoms with van der Waals surface area (Å²) in [4.78, 5) is 4.94. The highest BCUT2D eigenvalue weighted by Gasteiger charge is 2.18. The SMILES string of the molecule is CN(CCC1CN(C)CCN1)CC1CCOCC1. The second-order valence-electron chi connectivity index (χ2n) is 6.02. The highest BCUT2D eigenvalue weighted by atomic mass is 16.5. The first kappa shape index (κ1) is 14.3. The van der Waals surface area contributed by atoms with Crippen LogP contribution in [0.1, 0.15) is 19.3 Å². The first-order valence-electron chi connectivity index (χ1n) is 7.42. The van der Waals surface area contributed by atoms with E-state index in [9.17, 15) is 0 Å². The largest absolute Gasteiger partial charge is 0.381 e. The molecule has 0 amide bonds. The third kappa shape index (κ3) is 4.84. The van der Waals surface area contributed by atoms with E-state index >= 15 is 0 Å². The van der Waals surface area contributed by atoms with E-state index in [-0.39, 0.29) is 0 Å². The second kappa shape index (κ2) is 7.43. The molecule has 18 heavy (non-hydrogen) atoms. The molecule has 4 heteroatoms. The average molecular weight is 255 g/mol. The lowest BCUT2D eigenvalue weighted by molar-refractivity contribution is 0.0550. The van der Waals surface area contributed by atoms with Crippen LogP contribution in [0, 0.1) is 5.92 Å². The van der Waals surface area contributed by atoms with E-state index in [2.05, 4.69) is 29.2 Å². The van der Waals surface area contributed by atoms with Crippen molar-refractivity contribution in [3.63, 3.8) is 0 Å². The lowest BCUT2D eigenvalue weighted by Gasteiger charge is -2.33. The van der Waals surface area contributed by atoms with Gasteiger partial charge in [-0.25, -0.2) is 0 Å². The lowest BCUT2D eigenvalue weighted by atomic mass is 9.99. The summed E-state index contributed by atoms with van der Waals surface area (Å²) in [6.07, 6.45) is 3.76. The molecule has 4 nitrogen and oxygen atoms in total. The first-order valence-corrected chi connectivity index (χ1v) is 7.42. The molecule has 0 saturated carbocycles. The van der Waals surface area contributed by atoms with Crippen LogP contribution in [0.15, 0.2) is 0 Å². The average Bonchev–Trinajstić information content (AvgIpc) is 2.38. The minimum absolute atomic E-state index is 0.681. The van der Waals surface area contributed by atoms with E-state index < -0.39 is 0 Å². The van der Waals surface area contributed by atoms with E-state index in [4.69, 9.17) is 4.74 Å². The zero-order valence-corrected chi connectivity index (χ0v) is 12.0. The highest BCUT2D eigenvalue weighted by Crippen LogP contribution is 2.15. The molecule has 2 saturated heterocycles. The van der Waals surface area contributed by atoms with Gasteiger partial charge in [0.1, 0.15) is 0 Å². The van der Waals surface area contributed by atoms with Crippen molar-refractivity contribution in [2.45, 2.75) is 25.3 Å². The fourth-order valence-electron chi connectivity index (χ4n) is 3.02. The van der Waals surface area contributed by atoms with Gasteiger partial charge in [-0.1, -0.05) is 0 Å². The van der Waals surface area contributed by atoms with Crippen molar-refractivity contribution in [2.75, 3.05) is 60.0 Å². The van der Waals surface area contributed by atoms with Crippen molar-refractivity contribution in [3.05, 3.63) is 0 Å². The molecule has 0 aromatic carbocycles. The number of ether oxygens (including phenoxy) is 1. The summed E-state index contributed by atoms with van der Waals surface area (Å²) in [5.74, 6) is 0.853. The van der Waals surface area contributed by atoms with Crippen LogP contribution < -0.4 is 5.32 Å². The van der Waals surface area contributed by atoms with Crippen molar-refractivity contribution >= 4 is 0 Å². The van der Waals surface area contributed by atoms with Gasteiger partial charge in [0.05, 0.1) is 0 Å². The van der Waals surface area contributed by atoms with E-state index in [1.807, 2.05) is 0 Å². The Morgan fingerprint density at radius 3 is 2.83 bits per heavy atom. The maximum atomic E-state index is 5.41. The van der Waals surface area contributed by atoms with Gasteiger partial charge < -0.3 is 19.9 Å². The molecular formula is C14H29N3O. The van der Waals surface area contributed by atoms with Crippen molar-refractivity contribution in [1.82, 2.24) is 15.1 Å². The number of hydrogen-bond acceptors (Lipinski definition) is 4. The molecule has 2 aliphatic heterocycles. The maximum Gasteiger partial charge on any atom is 0.0469 e. The molecule has 0 aromatic heterocycles. The summed E-state index contributed by atoms with van der Waals surface area (Å²) in [7, 11) is 4.49. The fraction of sp³-hybridized carbons (Fsp3) is 1.00. The van der Waals surface area contributed by atoms with Crippen LogP contribution in [-0.4, -0.2) is 75.9 Å². The molecule has 0 bridgehead atoms. The molecule has 2 aliphatic rings. The fourth-order valence-corrected chi connectivity index (χ4v) is 3.02. The number of piperazine rings is 1. The van der Waals surface area contributed by atoms with Gasteiger partial charge in [-0.2, -0.15) is 0 Å². The van der Waals surface area contributed by atoms with Gasteiger partial charge in [0.25, 0.3) is 0 Å². The Morgan fingerprint density at radius 1 is 1.33 bits per heavy atom. The van der Waals surface area contributed by atoms with Gasteiger partial charge in [0.15, 0.2) is 0 Å². The van der Waals surface area contributed by atoms with Gasteiger partial charge >= 0.3 is 0 Å². The zero-order valence-electron chi connectivity index (χ0n) is 12.0. The molecule has 0 radical (unpaired) electrons. The predicted molar refractivity (Wildman–Crippen MR) is 74.9 cm³/mol. The second-order valence-corrected chi connectivity index (χ2v) is 6.02. The van der Waals surface area contributed by atoms with E-state index in [1.54, 1.807) is 0 Å². The molecule has 1 atom stereocenters. The van der Waals surface area contributed by atoms with Gasteiger partial charge in [-0.3, -0.25) is 0 Å². The van der Waals surface area contributed by atoms with Gasteiger partial charge in [-0.15, -0.1) is 0 Å². The monoisotopic (exact) mass is 255 g/mol. The number of likely N-dealkylation sites (N-methyl/N-ethyl adjacent to an activating group) is 1. The summed E-state index contributed by atoms with van der Waals surface area (Å²) in [6, 6.07) is 0.681. The summed E-state index contributed by atoms with van der Waals surface area (Å²) in [5, 5.41) is 3.62. The predicted octanol–water partition coefficient (Wildman–Crippen LogP) is 0.639. The van der Waals surface area contributed by atoms with Crippen LogP contribution in [-0.2, 0) is 4.74 Å². The van der Waals surface area contributed by atoms with E-state index in [0.717, 1.165) is 25.7 Å². The van der Waals surface area contributed by atoms with Gasteiger partial charge in [0, 0.05) is 45.4 Å². The van der Waals surface area contributed by atoms with E-state index in [0.29, 0.717) is 6.04 Å². The molecule has 106 valence electrons. The number of hydrogen-bond donors (Lipinski definition) is 1. The minimum atomic E-state index is 0.681. The maximum absolute atomic E-state index is 5.41. The highest BCUT2D eigenvalue weighted by molar-refractivity contribution is 4.78. The Balaban J connectivity index is 1.60. The molecule has 0 spiro atoms. The molecule has 0 aromatic rings. The lowest BCUT2D eigenvalue weighted by Crippen LogP contribution is -2.50. The summed E-state index contributed by atoms with van der Waals surface area (Å²) >= 11 is 0. The number of nitrogens with zero attached hydrogens (tertiary/aromatic N) is 2. The molecular weight excluding hydrogens is 226 g/mol. The van der Waals surface area contributed by atoms with Crippen molar-refractivity contribution in [1.29, 1.82) is 0 Å². The van der Waals surface area contributed by atoms with Crippen LogP contribution in [0.25, 0.3) is 0 Å². The summed E-state index contributed by atoms with van der Waals surface area (Å²) in [5.41, 5.74) is 0. The van der Waals surface area contributed by atoms with Crippen LogP contribution in [0.5, 0.6) is 0 Å². The molecule has 1 unspecified atom stereocenters. The molecule has 2 rings (SSSR count). The summed E-state index contributed by atoms with van der Waals surface area (Å²) < 4.78 is 5.41. The quantitative estimate of drug-likeness (QED) is 0.780. The van der Waals surface area contributed by atoms with Crippen molar-refractivity contribution in [2.24, 2.45) is 5.92 Å². The molecule has 2 heterocycles. The van der Waals surface area contributed by atoms with E-state index in [1.165, 1.54) is 45.4 Å². The molecule has 0 aliphatic carbocycles. The number of nitrogens with one attached hydrogen (secondary N) is 1. The third-order valence-electron chi connectivity index (χ3n) is 4.23. The van der Waals surface area contributed by atoms with Crippen LogP contribution in [0.4, 0.5) is 0 Å². The van der Waals surface area contributed by atoms with Gasteiger partial charge in [0.2, 0.25) is 0 Å². The van der Waals surface area contributed by atoms with Crippen LogP contribution >= 0.6 is 0 Å². The Bertz CT molecular complexity index is 231. The Hall–Kier alpha value is -0.160. The molecule has 2 fully saturated rings. The Morgan fingerprint density at radius 2 is 2.11 bits per heavy atom. The van der Waals surface area contributed by atoms with Gasteiger partial charge in [-0.05, 0) is 45.8 Å². The first-order chi connectivity index (χ1) is 8.74. The minimum Gasteiger partial charge on any atom is -0.381 e. The smallest absolute Gasteiger partial charge is 0.0469 e. The Labute approximate surface area is 112 Å². The van der Waals surface area contributed by atoms with Crippen molar-refractivity contribution < 1.29 is 4.74 Å². The Kier molecular flexibility index (Phi) is 5.89. The topological polar surface area (TPSA) is 27.7 Å². The zero-order chi connectivity index (χ0) is 12.8. The van der Waals surface area contributed by atoms with Crippen LogP contribution in [0.2, 0.25) is 0 Å². The van der Waals surface area contributed by atoms with Crippen molar-refractivity contribution in [3.8, 4) is 0 Å². The third-order valence-corrected chi connectivity index (χ3v) is 4.23.